The highest BCUT2D eigenvalue weighted by atomic mass is 16.5. The van der Waals surface area contributed by atoms with Crippen LogP contribution in [-0.2, 0) is 4.74 Å². The van der Waals surface area contributed by atoms with E-state index < -0.39 is 0 Å². The fraction of sp³-hybridized carbons (Fsp3) is 1.00. The van der Waals surface area contributed by atoms with E-state index in [-0.39, 0.29) is 5.60 Å². The summed E-state index contributed by atoms with van der Waals surface area (Å²) in [5.41, 5.74) is 0.0141. The zero-order chi connectivity index (χ0) is 11.8. The summed E-state index contributed by atoms with van der Waals surface area (Å²) in [4.78, 5) is 2.63. The first-order valence-electron chi connectivity index (χ1n) is 6.86. The molecule has 0 bridgehead atoms. The molecule has 0 aromatic heterocycles. The Kier molecular flexibility index (Phi) is 3.60. The number of nitrogens with zero attached hydrogens (tertiary/aromatic N) is 1. The molecule has 2 nitrogen and oxygen atoms in total. The molecule has 16 heavy (non-hydrogen) atoms. The summed E-state index contributed by atoms with van der Waals surface area (Å²) in [7, 11) is 0. The van der Waals surface area contributed by atoms with Crippen molar-refractivity contribution in [3.8, 4) is 0 Å². The maximum Gasteiger partial charge on any atom is 0.0602 e. The Hall–Kier alpha value is -0.0800. The van der Waals surface area contributed by atoms with Gasteiger partial charge in [0.05, 0.1) is 11.7 Å². The summed E-state index contributed by atoms with van der Waals surface area (Å²) in [6, 6.07) is 0. The Morgan fingerprint density at radius 1 is 1.25 bits per heavy atom. The number of likely N-dealkylation sites (tertiary alicyclic amines) is 1. The van der Waals surface area contributed by atoms with E-state index in [1.165, 1.54) is 38.9 Å². The average molecular weight is 225 g/mol. The van der Waals surface area contributed by atoms with Crippen molar-refractivity contribution < 1.29 is 4.74 Å². The van der Waals surface area contributed by atoms with Crippen molar-refractivity contribution in [3.05, 3.63) is 0 Å². The maximum absolute atomic E-state index is 6.04. The molecule has 1 aliphatic heterocycles. The van der Waals surface area contributed by atoms with E-state index in [2.05, 4.69) is 32.6 Å². The minimum atomic E-state index is 0.0141. The van der Waals surface area contributed by atoms with Gasteiger partial charge in [-0.3, -0.25) is 0 Å². The van der Waals surface area contributed by atoms with E-state index in [1.54, 1.807) is 0 Å². The van der Waals surface area contributed by atoms with Gasteiger partial charge in [-0.05, 0) is 71.9 Å². The van der Waals surface area contributed by atoms with Gasteiger partial charge in [0, 0.05) is 6.54 Å². The van der Waals surface area contributed by atoms with Crippen LogP contribution in [0.3, 0.4) is 0 Å². The molecule has 0 amide bonds. The van der Waals surface area contributed by atoms with Crippen LogP contribution < -0.4 is 0 Å². The molecule has 1 saturated heterocycles. The second-order valence-electron chi connectivity index (χ2n) is 6.60. The van der Waals surface area contributed by atoms with Gasteiger partial charge < -0.3 is 9.64 Å². The first-order chi connectivity index (χ1) is 7.46. The first-order valence-corrected chi connectivity index (χ1v) is 6.86. The lowest BCUT2D eigenvalue weighted by Crippen LogP contribution is -2.28. The third-order valence-electron chi connectivity index (χ3n) is 3.81. The molecule has 1 heterocycles. The normalized spacial score (nSPS) is 33.0. The Labute approximate surface area is 100 Å². The van der Waals surface area contributed by atoms with Gasteiger partial charge in [0.2, 0.25) is 0 Å². The fourth-order valence-corrected chi connectivity index (χ4v) is 3.00. The topological polar surface area (TPSA) is 12.5 Å². The van der Waals surface area contributed by atoms with Gasteiger partial charge in [-0.25, -0.2) is 0 Å². The Bertz CT molecular complexity index is 227. The molecule has 1 saturated carbocycles. The minimum Gasteiger partial charge on any atom is -0.373 e. The van der Waals surface area contributed by atoms with Crippen molar-refractivity contribution >= 4 is 0 Å². The van der Waals surface area contributed by atoms with E-state index in [0.29, 0.717) is 6.10 Å². The number of rotatable bonds is 4. The molecule has 0 aromatic rings. The van der Waals surface area contributed by atoms with Crippen LogP contribution in [0.4, 0.5) is 0 Å². The molecule has 1 aliphatic carbocycles. The van der Waals surface area contributed by atoms with Crippen molar-refractivity contribution in [3.63, 3.8) is 0 Å². The summed E-state index contributed by atoms with van der Waals surface area (Å²) >= 11 is 0. The van der Waals surface area contributed by atoms with Crippen LogP contribution in [0.2, 0.25) is 0 Å². The van der Waals surface area contributed by atoms with E-state index in [4.69, 9.17) is 4.74 Å². The number of ether oxygens (including phenoxy) is 1. The first kappa shape index (κ1) is 12.4. The largest absolute Gasteiger partial charge is 0.373 e. The summed E-state index contributed by atoms with van der Waals surface area (Å²) in [5, 5.41) is 0. The maximum atomic E-state index is 6.04. The van der Waals surface area contributed by atoms with Crippen molar-refractivity contribution in [1.29, 1.82) is 0 Å². The molecule has 2 unspecified atom stereocenters. The van der Waals surface area contributed by atoms with Crippen molar-refractivity contribution in [2.45, 2.75) is 58.7 Å². The number of hydrogen-bond donors (Lipinski definition) is 0. The third-order valence-corrected chi connectivity index (χ3v) is 3.81. The minimum absolute atomic E-state index is 0.0141. The predicted molar refractivity (Wildman–Crippen MR) is 67.6 cm³/mol. The van der Waals surface area contributed by atoms with Crippen LogP contribution in [0.5, 0.6) is 0 Å². The molecule has 94 valence electrons. The Morgan fingerprint density at radius 2 is 1.88 bits per heavy atom. The van der Waals surface area contributed by atoms with Gasteiger partial charge in [-0.1, -0.05) is 0 Å². The smallest absolute Gasteiger partial charge is 0.0602 e. The van der Waals surface area contributed by atoms with Gasteiger partial charge in [0.25, 0.3) is 0 Å². The van der Waals surface area contributed by atoms with E-state index in [1.807, 2.05) is 0 Å². The number of hydrogen-bond acceptors (Lipinski definition) is 2. The quantitative estimate of drug-likeness (QED) is 0.729. The Balaban J connectivity index is 1.69. The van der Waals surface area contributed by atoms with Gasteiger partial charge in [-0.15, -0.1) is 0 Å². The van der Waals surface area contributed by atoms with E-state index >= 15 is 0 Å². The molecule has 2 rings (SSSR count). The van der Waals surface area contributed by atoms with Crippen molar-refractivity contribution in [1.82, 2.24) is 4.90 Å². The van der Waals surface area contributed by atoms with Gasteiger partial charge in [-0.2, -0.15) is 0 Å². The standard InChI is InChI=1S/C14H27NO/c1-11(16-14(2,3)4)13-9-12(13)10-15-7-5-6-8-15/h11-13H,5-10H2,1-4H3/t11-,12?,13?/m1/s1. The molecule has 0 N–H and O–H groups in total. The monoisotopic (exact) mass is 225 g/mol. The lowest BCUT2D eigenvalue weighted by Gasteiger charge is -2.25. The highest BCUT2D eigenvalue weighted by Gasteiger charge is 2.43. The van der Waals surface area contributed by atoms with Gasteiger partial charge in [0.1, 0.15) is 0 Å². The summed E-state index contributed by atoms with van der Waals surface area (Å²) in [6.07, 6.45) is 4.64. The highest BCUT2D eigenvalue weighted by molar-refractivity contribution is 4.93. The van der Waals surface area contributed by atoms with E-state index in [0.717, 1.165) is 11.8 Å². The van der Waals surface area contributed by atoms with Crippen molar-refractivity contribution in [2.24, 2.45) is 11.8 Å². The third kappa shape index (κ3) is 3.46. The molecule has 0 aromatic carbocycles. The molecular formula is C14H27NO. The fourth-order valence-electron chi connectivity index (χ4n) is 3.00. The van der Waals surface area contributed by atoms with Crippen LogP contribution >= 0.6 is 0 Å². The zero-order valence-corrected chi connectivity index (χ0v) is 11.3. The van der Waals surface area contributed by atoms with Crippen LogP contribution in [0.1, 0.15) is 47.0 Å². The van der Waals surface area contributed by atoms with Gasteiger partial charge in [0.15, 0.2) is 0 Å². The van der Waals surface area contributed by atoms with Gasteiger partial charge >= 0.3 is 0 Å². The lowest BCUT2D eigenvalue weighted by molar-refractivity contribution is -0.0628. The highest BCUT2D eigenvalue weighted by Crippen LogP contribution is 2.44. The SMILES string of the molecule is C[C@@H](OC(C)(C)C)C1CC1CN1CCCC1. The second-order valence-corrected chi connectivity index (χ2v) is 6.60. The molecule has 2 fully saturated rings. The molecule has 0 radical (unpaired) electrons. The molecular weight excluding hydrogens is 198 g/mol. The molecule has 2 heteroatoms. The summed E-state index contributed by atoms with van der Waals surface area (Å²) in [6.45, 7) is 12.7. The zero-order valence-electron chi connectivity index (χ0n) is 11.3. The molecule has 0 spiro atoms. The summed E-state index contributed by atoms with van der Waals surface area (Å²) < 4.78 is 6.04. The van der Waals surface area contributed by atoms with Crippen LogP contribution in [-0.4, -0.2) is 36.2 Å². The molecule has 2 aliphatic rings. The van der Waals surface area contributed by atoms with Crippen molar-refractivity contribution in [2.75, 3.05) is 19.6 Å². The summed E-state index contributed by atoms with van der Waals surface area (Å²) in [5.74, 6) is 1.73. The molecule has 3 atom stereocenters. The van der Waals surface area contributed by atoms with Crippen LogP contribution in [0.15, 0.2) is 0 Å². The predicted octanol–water partition coefficient (Wildman–Crippen LogP) is 2.92. The van der Waals surface area contributed by atoms with Crippen LogP contribution in [0.25, 0.3) is 0 Å². The van der Waals surface area contributed by atoms with E-state index in [9.17, 15) is 0 Å². The average Bonchev–Trinajstić information content (AvgIpc) is 2.68. The second kappa shape index (κ2) is 4.66. The lowest BCUT2D eigenvalue weighted by atomic mass is 10.1. The van der Waals surface area contributed by atoms with Crippen LogP contribution in [0, 0.1) is 11.8 Å². The Morgan fingerprint density at radius 3 is 2.44 bits per heavy atom.